The molecule has 8 heteroatoms. The summed E-state index contributed by atoms with van der Waals surface area (Å²) in [6.07, 6.45) is 0. The summed E-state index contributed by atoms with van der Waals surface area (Å²) in [6, 6.07) is 12.5. The van der Waals surface area contributed by atoms with Crippen molar-refractivity contribution in [3.05, 3.63) is 53.6 Å². The average Bonchev–Trinajstić information content (AvgIpc) is 3.06. The fourth-order valence-corrected chi connectivity index (χ4v) is 2.87. The SMILES string of the molecule is Cc1ccc(-n2nnnc2SCC(=O)Nc2ccccc2O)cc1C. The molecule has 0 saturated carbocycles. The first-order valence-corrected chi connectivity index (χ1v) is 8.60. The molecule has 0 unspecified atom stereocenters. The van der Waals surface area contributed by atoms with Crippen molar-refractivity contribution in [1.82, 2.24) is 20.2 Å². The molecule has 3 aromatic rings. The standard InChI is InChI=1S/C17H17N5O2S/c1-11-7-8-13(9-12(11)2)22-17(19-20-21-22)25-10-16(24)18-14-5-3-4-6-15(14)23/h3-9,23H,10H2,1-2H3,(H,18,24). The fraction of sp³-hybridized carbons (Fsp3) is 0.176. The molecule has 0 aliphatic heterocycles. The number of nitrogens with one attached hydrogen (secondary N) is 1. The van der Waals surface area contributed by atoms with E-state index in [2.05, 4.69) is 20.8 Å². The van der Waals surface area contributed by atoms with Gasteiger partial charge in [0.25, 0.3) is 0 Å². The number of carbonyl (C=O) groups excluding carboxylic acids is 1. The van der Waals surface area contributed by atoms with E-state index in [1.807, 2.05) is 32.0 Å². The van der Waals surface area contributed by atoms with E-state index in [4.69, 9.17) is 0 Å². The second kappa shape index (κ2) is 7.35. The zero-order chi connectivity index (χ0) is 17.8. The van der Waals surface area contributed by atoms with Gasteiger partial charge in [0.15, 0.2) is 0 Å². The molecule has 0 saturated heterocycles. The number of amides is 1. The van der Waals surface area contributed by atoms with E-state index in [9.17, 15) is 9.90 Å². The number of aromatic nitrogens is 4. The third-order valence-electron chi connectivity index (χ3n) is 3.69. The van der Waals surface area contributed by atoms with Gasteiger partial charge in [-0.2, -0.15) is 4.68 Å². The van der Waals surface area contributed by atoms with Crippen molar-refractivity contribution < 1.29 is 9.90 Å². The molecule has 0 aliphatic carbocycles. The van der Waals surface area contributed by atoms with Gasteiger partial charge in [-0.25, -0.2) is 0 Å². The Morgan fingerprint density at radius 1 is 1.20 bits per heavy atom. The maximum Gasteiger partial charge on any atom is 0.234 e. The minimum atomic E-state index is -0.249. The van der Waals surface area contributed by atoms with Gasteiger partial charge in [0, 0.05) is 0 Å². The van der Waals surface area contributed by atoms with Crippen LogP contribution in [-0.4, -0.2) is 37.0 Å². The van der Waals surface area contributed by atoms with Gasteiger partial charge >= 0.3 is 0 Å². The lowest BCUT2D eigenvalue weighted by Crippen LogP contribution is -2.14. The minimum Gasteiger partial charge on any atom is -0.506 e. The number of benzene rings is 2. The first-order valence-electron chi connectivity index (χ1n) is 7.61. The highest BCUT2D eigenvalue weighted by atomic mass is 32.2. The summed E-state index contributed by atoms with van der Waals surface area (Å²) in [7, 11) is 0. The second-order valence-corrected chi connectivity index (χ2v) is 6.44. The number of carbonyl (C=O) groups is 1. The highest BCUT2D eigenvalue weighted by Crippen LogP contribution is 2.23. The van der Waals surface area contributed by atoms with Crippen molar-refractivity contribution in [2.75, 3.05) is 11.1 Å². The van der Waals surface area contributed by atoms with Crippen LogP contribution in [0, 0.1) is 13.8 Å². The number of phenolic OH excluding ortho intramolecular Hbond substituents is 1. The van der Waals surface area contributed by atoms with E-state index >= 15 is 0 Å². The Morgan fingerprint density at radius 2 is 2.00 bits per heavy atom. The molecule has 0 bridgehead atoms. The Labute approximate surface area is 149 Å². The highest BCUT2D eigenvalue weighted by Gasteiger charge is 2.13. The number of phenols is 1. The van der Waals surface area contributed by atoms with Crippen molar-refractivity contribution in [3.8, 4) is 11.4 Å². The average molecular weight is 355 g/mol. The molecule has 25 heavy (non-hydrogen) atoms. The number of anilines is 1. The smallest absolute Gasteiger partial charge is 0.234 e. The van der Waals surface area contributed by atoms with E-state index in [1.54, 1.807) is 22.9 Å². The van der Waals surface area contributed by atoms with Gasteiger partial charge in [-0.1, -0.05) is 30.0 Å². The predicted octanol–water partition coefficient (Wildman–Crippen LogP) is 2.72. The summed E-state index contributed by atoms with van der Waals surface area (Å²) in [5.74, 6) is -0.0959. The zero-order valence-corrected chi connectivity index (χ0v) is 14.6. The molecule has 0 radical (unpaired) electrons. The van der Waals surface area contributed by atoms with Crippen LogP contribution >= 0.6 is 11.8 Å². The van der Waals surface area contributed by atoms with E-state index in [-0.39, 0.29) is 17.4 Å². The highest BCUT2D eigenvalue weighted by molar-refractivity contribution is 7.99. The van der Waals surface area contributed by atoms with E-state index in [0.29, 0.717) is 10.8 Å². The number of tetrazole rings is 1. The Morgan fingerprint density at radius 3 is 2.76 bits per heavy atom. The van der Waals surface area contributed by atoms with Gasteiger partial charge in [-0.3, -0.25) is 4.79 Å². The van der Waals surface area contributed by atoms with Crippen LogP contribution in [0.2, 0.25) is 0 Å². The number of aromatic hydroxyl groups is 1. The van der Waals surface area contributed by atoms with E-state index in [0.717, 1.165) is 11.3 Å². The molecular weight excluding hydrogens is 338 g/mol. The van der Waals surface area contributed by atoms with Crippen LogP contribution in [0.5, 0.6) is 5.75 Å². The number of nitrogens with zero attached hydrogens (tertiary/aromatic N) is 4. The molecule has 7 nitrogen and oxygen atoms in total. The fourth-order valence-electron chi connectivity index (χ4n) is 2.18. The number of para-hydroxylation sites is 2. The Kier molecular flexibility index (Phi) is 4.99. The Hall–Kier alpha value is -2.87. The zero-order valence-electron chi connectivity index (χ0n) is 13.8. The number of aryl methyl sites for hydroxylation is 2. The first kappa shape index (κ1) is 17.0. The molecule has 0 fully saturated rings. The van der Waals surface area contributed by atoms with Crippen LogP contribution in [0.25, 0.3) is 5.69 Å². The lowest BCUT2D eigenvalue weighted by molar-refractivity contribution is -0.113. The molecule has 2 aromatic carbocycles. The summed E-state index contributed by atoms with van der Waals surface area (Å²) in [5, 5.41) is 24.5. The van der Waals surface area contributed by atoms with Gasteiger partial charge in [-0.05, 0) is 59.7 Å². The Balaban J connectivity index is 1.68. The van der Waals surface area contributed by atoms with Crippen LogP contribution in [0.1, 0.15) is 11.1 Å². The quantitative estimate of drug-likeness (QED) is 0.540. The lowest BCUT2D eigenvalue weighted by Gasteiger charge is -2.08. The van der Waals surface area contributed by atoms with Crippen molar-refractivity contribution in [1.29, 1.82) is 0 Å². The van der Waals surface area contributed by atoms with Crippen molar-refractivity contribution in [2.45, 2.75) is 19.0 Å². The van der Waals surface area contributed by atoms with Crippen LogP contribution in [0.3, 0.4) is 0 Å². The van der Waals surface area contributed by atoms with Gasteiger partial charge < -0.3 is 10.4 Å². The van der Waals surface area contributed by atoms with Gasteiger partial charge in [-0.15, -0.1) is 5.10 Å². The molecule has 128 valence electrons. The van der Waals surface area contributed by atoms with Crippen LogP contribution in [0.15, 0.2) is 47.6 Å². The molecule has 0 aliphatic rings. The summed E-state index contributed by atoms with van der Waals surface area (Å²) in [5.41, 5.74) is 3.55. The maximum absolute atomic E-state index is 12.1. The molecule has 1 aromatic heterocycles. The molecule has 3 rings (SSSR count). The van der Waals surface area contributed by atoms with E-state index < -0.39 is 0 Å². The van der Waals surface area contributed by atoms with Crippen molar-refractivity contribution in [2.24, 2.45) is 0 Å². The van der Waals surface area contributed by atoms with Gasteiger partial charge in [0.2, 0.25) is 11.1 Å². The van der Waals surface area contributed by atoms with Crippen LogP contribution in [-0.2, 0) is 4.79 Å². The summed E-state index contributed by atoms with van der Waals surface area (Å²) >= 11 is 1.22. The van der Waals surface area contributed by atoms with Gasteiger partial charge in [0.1, 0.15) is 5.75 Å². The molecule has 0 spiro atoms. The molecule has 1 amide bonds. The number of hydrogen-bond acceptors (Lipinski definition) is 6. The topological polar surface area (TPSA) is 92.9 Å². The molecule has 2 N–H and O–H groups in total. The second-order valence-electron chi connectivity index (χ2n) is 5.50. The molecular formula is C17H17N5O2S. The summed E-state index contributed by atoms with van der Waals surface area (Å²) in [6.45, 7) is 4.06. The summed E-state index contributed by atoms with van der Waals surface area (Å²) < 4.78 is 1.60. The monoisotopic (exact) mass is 355 g/mol. The van der Waals surface area contributed by atoms with Crippen LogP contribution < -0.4 is 5.32 Å². The molecule has 1 heterocycles. The first-order chi connectivity index (χ1) is 12.0. The lowest BCUT2D eigenvalue weighted by atomic mass is 10.1. The third kappa shape index (κ3) is 3.97. The normalized spacial score (nSPS) is 10.6. The largest absolute Gasteiger partial charge is 0.506 e. The number of rotatable bonds is 5. The molecule has 0 atom stereocenters. The third-order valence-corrected chi connectivity index (χ3v) is 4.61. The van der Waals surface area contributed by atoms with Crippen LogP contribution in [0.4, 0.5) is 5.69 Å². The Bertz CT molecular complexity index is 910. The number of hydrogen-bond donors (Lipinski definition) is 2. The summed E-state index contributed by atoms with van der Waals surface area (Å²) in [4.78, 5) is 12.1. The predicted molar refractivity (Wildman–Crippen MR) is 96.1 cm³/mol. The maximum atomic E-state index is 12.1. The minimum absolute atomic E-state index is 0.0285. The van der Waals surface area contributed by atoms with E-state index in [1.165, 1.54) is 23.4 Å². The van der Waals surface area contributed by atoms with Crippen molar-refractivity contribution >= 4 is 23.4 Å². The van der Waals surface area contributed by atoms with Gasteiger partial charge in [0.05, 0.1) is 17.1 Å². The number of thioether (sulfide) groups is 1. The van der Waals surface area contributed by atoms with Crippen molar-refractivity contribution in [3.63, 3.8) is 0 Å².